The maximum absolute atomic E-state index is 13.8. The van der Waals surface area contributed by atoms with E-state index in [1.54, 1.807) is 11.0 Å². The summed E-state index contributed by atoms with van der Waals surface area (Å²) in [4.78, 5) is 14.1. The van der Waals surface area contributed by atoms with Gasteiger partial charge < -0.3 is 10.2 Å². The zero-order valence-electron chi connectivity index (χ0n) is 10.9. The SMILES string of the molecule is Cl.O=C(c1ccc(Cl)cc1F)N1CCC2CNCC2C1. The summed E-state index contributed by atoms with van der Waals surface area (Å²) in [5.41, 5.74) is 0.119. The maximum atomic E-state index is 13.8. The van der Waals surface area contributed by atoms with Crippen molar-refractivity contribution in [1.82, 2.24) is 10.2 Å². The molecule has 2 atom stereocenters. The van der Waals surface area contributed by atoms with Crippen molar-refractivity contribution in [2.24, 2.45) is 11.8 Å². The molecule has 2 saturated heterocycles. The molecule has 6 heteroatoms. The largest absolute Gasteiger partial charge is 0.338 e. The summed E-state index contributed by atoms with van der Waals surface area (Å²) >= 11 is 5.71. The van der Waals surface area contributed by atoms with Gasteiger partial charge in [0.1, 0.15) is 5.82 Å². The van der Waals surface area contributed by atoms with Crippen molar-refractivity contribution in [3.8, 4) is 0 Å². The van der Waals surface area contributed by atoms with Gasteiger partial charge >= 0.3 is 0 Å². The molecule has 20 heavy (non-hydrogen) atoms. The molecular formula is C14H17Cl2FN2O. The Labute approximate surface area is 128 Å². The van der Waals surface area contributed by atoms with Gasteiger partial charge in [0.15, 0.2) is 0 Å². The molecule has 0 aromatic heterocycles. The van der Waals surface area contributed by atoms with Crippen molar-refractivity contribution in [1.29, 1.82) is 0 Å². The zero-order valence-corrected chi connectivity index (χ0v) is 12.5. The van der Waals surface area contributed by atoms with E-state index < -0.39 is 5.82 Å². The number of carbonyl (C=O) groups is 1. The molecule has 2 aliphatic heterocycles. The third kappa shape index (κ3) is 2.92. The maximum Gasteiger partial charge on any atom is 0.256 e. The van der Waals surface area contributed by atoms with E-state index in [0.717, 1.165) is 26.1 Å². The highest BCUT2D eigenvalue weighted by atomic mass is 35.5. The Morgan fingerprint density at radius 3 is 2.85 bits per heavy atom. The quantitative estimate of drug-likeness (QED) is 0.863. The van der Waals surface area contributed by atoms with E-state index in [2.05, 4.69) is 5.32 Å². The number of carbonyl (C=O) groups excluding carboxylic acids is 1. The van der Waals surface area contributed by atoms with Crippen molar-refractivity contribution in [3.63, 3.8) is 0 Å². The number of amides is 1. The van der Waals surface area contributed by atoms with Gasteiger partial charge in [-0.1, -0.05) is 11.6 Å². The molecule has 2 fully saturated rings. The van der Waals surface area contributed by atoms with E-state index in [0.29, 0.717) is 23.4 Å². The fourth-order valence-corrected chi connectivity index (χ4v) is 3.21. The zero-order chi connectivity index (χ0) is 13.4. The standard InChI is InChI=1S/C14H16ClFN2O.ClH/c15-11-1-2-12(13(16)5-11)14(19)18-4-3-9-6-17-7-10(9)8-18;/h1-2,5,9-10,17H,3-4,6-8H2;1H. The number of hydrogen-bond acceptors (Lipinski definition) is 2. The fourth-order valence-electron chi connectivity index (χ4n) is 3.05. The topological polar surface area (TPSA) is 32.3 Å². The van der Waals surface area contributed by atoms with Gasteiger partial charge in [0.25, 0.3) is 5.91 Å². The van der Waals surface area contributed by atoms with Crippen LogP contribution >= 0.6 is 24.0 Å². The van der Waals surface area contributed by atoms with Crippen LogP contribution in [0.5, 0.6) is 0 Å². The molecule has 110 valence electrons. The van der Waals surface area contributed by atoms with Crippen LogP contribution < -0.4 is 5.32 Å². The Morgan fingerprint density at radius 2 is 2.10 bits per heavy atom. The van der Waals surface area contributed by atoms with Gasteiger partial charge in [-0.15, -0.1) is 12.4 Å². The summed E-state index contributed by atoms with van der Waals surface area (Å²) in [5.74, 6) is 0.413. The minimum absolute atomic E-state index is 0. The minimum Gasteiger partial charge on any atom is -0.338 e. The van der Waals surface area contributed by atoms with Crippen LogP contribution in [0.25, 0.3) is 0 Å². The molecule has 0 aliphatic carbocycles. The van der Waals surface area contributed by atoms with Gasteiger partial charge in [0.05, 0.1) is 5.56 Å². The second kappa shape index (κ2) is 6.29. The molecule has 1 N–H and O–H groups in total. The summed E-state index contributed by atoms with van der Waals surface area (Å²) in [6.45, 7) is 3.43. The Kier molecular flexibility index (Phi) is 4.89. The lowest BCUT2D eigenvalue weighted by atomic mass is 9.88. The lowest BCUT2D eigenvalue weighted by Gasteiger charge is -2.34. The fraction of sp³-hybridized carbons (Fsp3) is 0.500. The molecule has 2 unspecified atom stereocenters. The van der Waals surface area contributed by atoms with E-state index in [1.807, 2.05) is 0 Å². The summed E-state index contributed by atoms with van der Waals surface area (Å²) in [6.07, 6.45) is 0.999. The highest BCUT2D eigenvalue weighted by Gasteiger charge is 2.35. The normalized spacial score (nSPS) is 25.0. The number of rotatable bonds is 1. The number of nitrogens with zero attached hydrogens (tertiary/aromatic N) is 1. The van der Waals surface area contributed by atoms with Gasteiger partial charge in [-0.05, 0) is 49.5 Å². The Bertz CT molecular complexity index is 512. The molecule has 2 aliphatic rings. The first kappa shape index (κ1) is 15.5. The Hall–Kier alpha value is -0.840. The third-order valence-electron chi connectivity index (χ3n) is 4.15. The lowest BCUT2D eigenvalue weighted by Crippen LogP contribution is -2.43. The minimum atomic E-state index is -0.538. The van der Waals surface area contributed by atoms with Crippen LogP contribution in [-0.2, 0) is 0 Å². The monoisotopic (exact) mass is 318 g/mol. The van der Waals surface area contributed by atoms with Gasteiger partial charge in [0, 0.05) is 18.1 Å². The first-order valence-electron chi connectivity index (χ1n) is 6.60. The summed E-state index contributed by atoms with van der Waals surface area (Å²) < 4.78 is 13.8. The van der Waals surface area contributed by atoms with E-state index >= 15 is 0 Å². The van der Waals surface area contributed by atoms with Crippen LogP contribution in [0.4, 0.5) is 4.39 Å². The van der Waals surface area contributed by atoms with Crippen molar-refractivity contribution in [3.05, 3.63) is 34.6 Å². The van der Waals surface area contributed by atoms with Crippen molar-refractivity contribution in [2.45, 2.75) is 6.42 Å². The molecule has 0 bridgehead atoms. The van der Waals surface area contributed by atoms with Crippen molar-refractivity contribution < 1.29 is 9.18 Å². The molecular weight excluding hydrogens is 302 g/mol. The van der Waals surface area contributed by atoms with E-state index in [4.69, 9.17) is 11.6 Å². The molecule has 0 radical (unpaired) electrons. The smallest absolute Gasteiger partial charge is 0.256 e. The lowest BCUT2D eigenvalue weighted by molar-refractivity contribution is 0.0638. The molecule has 2 heterocycles. The van der Waals surface area contributed by atoms with Gasteiger partial charge in [-0.25, -0.2) is 4.39 Å². The van der Waals surface area contributed by atoms with Crippen LogP contribution in [0.1, 0.15) is 16.8 Å². The van der Waals surface area contributed by atoms with Gasteiger partial charge in [-0.2, -0.15) is 0 Å². The third-order valence-corrected chi connectivity index (χ3v) is 4.39. The summed E-state index contributed by atoms with van der Waals surface area (Å²) in [7, 11) is 0. The highest BCUT2D eigenvalue weighted by molar-refractivity contribution is 6.30. The van der Waals surface area contributed by atoms with Crippen molar-refractivity contribution >= 4 is 29.9 Å². The number of piperidine rings is 1. The first-order valence-corrected chi connectivity index (χ1v) is 6.98. The molecule has 3 nitrogen and oxygen atoms in total. The van der Waals surface area contributed by atoms with Crippen LogP contribution in [0, 0.1) is 17.7 Å². The Balaban J connectivity index is 0.00000147. The summed E-state index contributed by atoms with van der Waals surface area (Å²) in [5, 5.41) is 3.67. The Morgan fingerprint density at radius 1 is 1.35 bits per heavy atom. The molecule has 0 spiro atoms. The van der Waals surface area contributed by atoms with Crippen LogP contribution in [0.2, 0.25) is 5.02 Å². The van der Waals surface area contributed by atoms with Gasteiger partial charge in [-0.3, -0.25) is 4.79 Å². The summed E-state index contributed by atoms with van der Waals surface area (Å²) in [6, 6.07) is 4.22. The molecule has 0 saturated carbocycles. The van der Waals surface area contributed by atoms with E-state index in [9.17, 15) is 9.18 Å². The van der Waals surface area contributed by atoms with Crippen LogP contribution in [0.3, 0.4) is 0 Å². The van der Waals surface area contributed by atoms with E-state index in [1.165, 1.54) is 12.1 Å². The molecule has 1 amide bonds. The predicted molar refractivity (Wildman–Crippen MR) is 79.0 cm³/mol. The average Bonchev–Trinajstić information content (AvgIpc) is 2.85. The van der Waals surface area contributed by atoms with Crippen LogP contribution in [0.15, 0.2) is 18.2 Å². The van der Waals surface area contributed by atoms with Gasteiger partial charge in [0.2, 0.25) is 0 Å². The number of nitrogens with one attached hydrogen (secondary N) is 1. The number of likely N-dealkylation sites (tertiary alicyclic amines) is 1. The number of halogens is 3. The molecule has 1 aromatic rings. The first-order chi connectivity index (χ1) is 9.15. The van der Waals surface area contributed by atoms with Crippen LogP contribution in [-0.4, -0.2) is 37.0 Å². The highest BCUT2D eigenvalue weighted by Crippen LogP contribution is 2.28. The second-order valence-corrected chi connectivity index (χ2v) is 5.78. The molecule has 3 rings (SSSR count). The van der Waals surface area contributed by atoms with E-state index in [-0.39, 0.29) is 23.9 Å². The molecule has 1 aromatic carbocycles. The van der Waals surface area contributed by atoms with Crippen molar-refractivity contribution in [2.75, 3.05) is 26.2 Å². The predicted octanol–water partition coefficient (Wildman–Crippen LogP) is 2.58. The average molecular weight is 319 g/mol. The number of hydrogen-bond donors (Lipinski definition) is 1. The second-order valence-electron chi connectivity index (χ2n) is 5.34. The number of benzene rings is 1. The number of fused-ring (bicyclic) bond motifs is 1.